The molecule has 0 amide bonds. The van der Waals surface area contributed by atoms with E-state index < -0.39 is 0 Å². The van der Waals surface area contributed by atoms with E-state index in [-0.39, 0.29) is 0 Å². The van der Waals surface area contributed by atoms with Crippen LogP contribution in [0.5, 0.6) is 0 Å². The van der Waals surface area contributed by atoms with Gasteiger partial charge in [-0.25, -0.2) is 4.98 Å². The lowest BCUT2D eigenvalue weighted by molar-refractivity contribution is 1.13. The first-order valence-electron chi connectivity index (χ1n) is 4.32. The van der Waals surface area contributed by atoms with Gasteiger partial charge in [0, 0.05) is 18.9 Å². The highest BCUT2D eigenvalue weighted by molar-refractivity contribution is 9.10. The Morgan fingerprint density at radius 1 is 1.36 bits per heavy atom. The summed E-state index contributed by atoms with van der Waals surface area (Å²) >= 11 is 3.29. The van der Waals surface area contributed by atoms with Gasteiger partial charge >= 0.3 is 0 Å². The fraction of sp³-hybridized carbons (Fsp3) is 0.100. The van der Waals surface area contributed by atoms with Crippen LogP contribution in [-0.4, -0.2) is 9.97 Å². The highest BCUT2D eigenvalue weighted by atomic mass is 79.9. The van der Waals surface area contributed by atoms with Gasteiger partial charge in [0.1, 0.15) is 4.60 Å². The fourth-order valence-corrected chi connectivity index (χ4v) is 1.39. The molecule has 0 spiro atoms. The first-order chi connectivity index (χ1) is 6.84. The second kappa shape index (κ2) is 4.28. The summed E-state index contributed by atoms with van der Waals surface area (Å²) in [6, 6.07) is 5.95. The maximum atomic E-state index is 4.13. The number of halogens is 1. The van der Waals surface area contributed by atoms with Gasteiger partial charge in [-0.3, -0.25) is 0 Å². The van der Waals surface area contributed by atoms with Crippen LogP contribution in [0.4, 0.5) is 5.69 Å². The van der Waals surface area contributed by atoms with E-state index in [1.165, 1.54) is 5.56 Å². The molecule has 0 saturated carbocycles. The first kappa shape index (κ1) is 9.27. The Balaban J connectivity index is 1.95. The van der Waals surface area contributed by atoms with Crippen molar-refractivity contribution in [2.24, 2.45) is 0 Å². The van der Waals surface area contributed by atoms with Crippen LogP contribution in [0.25, 0.3) is 0 Å². The summed E-state index contributed by atoms with van der Waals surface area (Å²) in [5.74, 6) is 0. The number of aromatic nitrogens is 2. The van der Waals surface area contributed by atoms with E-state index in [2.05, 4.69) is 31.2 Å². The number of hydrogen-bond donors (Lipinski definition) is 2. The molecule has 0 aliphatic rings. The summed E-state index contributed by atoms with van der Waals surface area (Å²) in [6.07, 6.45) is 5.69. The van der Waals surface area contributed by atoms with Gasteiger partial charge < -0.3 is 10.3 Å². The number of H-pyrrole nitrogens is 1. The van der Waals surface area contributed by atoms with Crippen molar-refractivity contribution in [2.75, 3.05) is 5.32 Å². The van der Waals surface area contributed by atoms with Crippen molar-refractivity contribution in [2.45, 2.75) is 6.54 Å². The molecule has 2 N–H and O–H groups in total. The predicted molar refractivity (Wildman–Crippen MR) is 60.1 cm³/mol. The highest BCUT2D eigenvalue weighted by Gasteiger charge is 1.94. The summed E-state index contributed by atoms with van der Waals surface area (Å²) in [6.45, 7) is 0.812. The van der Waals surface area contributed by atoms with E-state index in [1.807, 2.05) is 30.6 Å². The lowest BCUT2D eigenvalue weighted by Gasteiger charge is -2.03. The minimum absolute atomic E-state index is 0.812. The van der Waals surface area contributed by atoms with Crippen molar-refractivity contribution in [3.8, 4) is 0 Å². The monoisotopic (exact) mass is 251 g/mol. The molecule has 14 heavy (non-hydrogen) atoms. The Bertz CT molecular complexity index is 380. The highest BCUT2D eigenvalue weighted by Crippen LogP contribution is 2.11. The molecule has 0 atom stereocenters. The molecule has 0 aliphatic carbocycles. The van der Waals surface area contributed by atoms with Crippen LogP contribution in [0, 0.1) is 0 Å². The van der Waals surface area contributed by atoms with E-state index in [1.54, 1.807) is 6.20 Å². The molecule has 0 unspecified atom stereocenters. The van der Waals surface area contributed by atoms with E-state index in [4.69, 9.17) is 0 Å². The number of aromatic amines is 1. The third kappa shape index (κ3) is 2.35. The Hall–Kier alpha value is -1.29. The van der Waals surface area contributed by atoms with E-state index in [9.17, 15) is 0 Å². The van der Waals surface area contributed by atoms with Crippen LogP contribution in [-0.2, 0) is 6.54 Å². The van der Waals surface area contributed by atoms with E-state index in [0.717, 1.165) is 16.8 Å². The molecular weight excluding hydrogens is 242 g/mol. The molecule has 2 rings (SSSR count). The molecule has 72 valence electrons. The average Bonchev–Trinajstić information content (AvgIpc) is 2.70. The average molecular weight is 252 g/mol. The first-order valence-corrected chi connectivity index (χ1v) is 5.11. The van der Waals surface area contributed by atoms with Crippen molar-refractivity contribution in [3.63, 3.8) is 0 Å². The molecule has 0 radical (unpaired) electrons. The number of rotatable bonds is 3. The molecule has 2 aromatic rings. The predicted octanol–water partition coefficient (Wildman–Crippen LogP) is 2.78. The normalized spacial score (nSPS) is 10.1. The summed E-state index contributed by atoms with van der Waals surface area (Å²) in [7, 11) is 0. The summed E-state index contributed by atoms with van der Waals surface area (Å²) < 4.78 is 0.852. The Morgan fingerprint density at radius 3 is 2.93 bits per heavy atom. The molecule has 2 heterocycles. The molecule has 0 fully saturated rings. The van der Waals surface area contributed by atoms with Crippen LogP contribution in [0.3, 0.4) is 0 Å². The smallest absolute Gasteiger partial charge is 0.106 e. The van der Waals surface area contributed by atoms with Crippen molar-refractivity contribution in [1.29, 1.82) is 0 Å². The molecule has 2 aromatic heterocycles. The van der Waals surface area contributed by atoms with Crippen LogP contribution in [0.2, 0.25) is 0 Å². The van der Waals surface area contributed by atoms with E-state index >= 15 is 0 Å². The lowest BCUT2D eigenvalue weighted by atomic mass is 10.3. The van der Waals surface area contributed by atoms with Crippen LogP contribution in [0.15, 0.2) is 41.4 Å². The number of pyridine rings is 1. The standard InChI is InChI=1S/C10H10BrN3/c11-10-2-1-9(7-14-10)13-6-8-3-4-12-5-8/h1-5,7,12-13H,6H2. The van der Waals surface area contributed by atoms with Crippen LogP contribution >= 0.6 is 15.9 Å². The zero-order valence-electron chi connectivity index (χ0n) is 7.50. The summed E-state index contributed by atoms with van der Waals surface area (Å²) in [5.41, 5.74) is 2.25. The van der Waals surface area contributed by atoms with Crippen molar-refractivity contribution >= 4 is 21.6 Å². The lowest BCUT2D eigenvalue weighted by Crippen LogP contribution is -1.98. The topological polar surface area (TPSA) is 40.7 Å². The molecule has 3 nitrogen and oxygen atoms in total. The van der Waals surface area contributed by atoms with Gasteiger partial charge in [-0.05, 0) is 39.7 Å². The summed E-state index contributed by atoms with van der Waals surface area (Å²) in [5, 5.41) is 3.27. The zero-order chi connectivity index (χ0) is 9.80. The quantitative estimate of drug-likeness (QED) is 0.824. The van der Waals surface area contributed by atoms with E-state index in [0.29, 0.717) is 0 Å². The molecule has 0 aromatic carbocycles. The van der Waals surface area contributed by atoms with Crippen molar-refractivity contribution in [3.05, 3.63) is 47.0 Å². The third-order valence-corrected chi connectivity index (χ3v) is 2.36. The van der Waals surface area contributed by atoms with Gasteiger partial charge in [-0.1, -0.05) is 0 Å². The minimum atomic E-state index is 0.812. The van der Waals surface area contributed by atoms with Crippen molar-refractivity contribution in [1.82, 2.24) is 9.97 Å². The van der Waals surface area contributed by atoms with Gasteiger partial charge in [0.05, 0.1) is 11.9 Å². The molecule has 0 aliphatic heterocycles. The van der Waals surface area contributed by atoms with Crippen LogP contribution < -0.4 is 5.32 Å². The van der Waals surface area contributed by atoms with Gasteiger partial charge in [-0.2, -0.15) is 0 Å². The molecule has 4 heteroatoms. The molecule has 0 bridgehead atoms. The minimum Gasteiger partial charge on any atom is -0.380 e. The van der Waals surface area contributed by atoms with Gasteiger partial charge in [-0.15, -0.1) is 0 Å². The number of anilines is 1. The molecular formula is C10H10BrN3. The Morgan fingerprint density at radius 2 is 2.29 bits per heavy atom. The van der Waals surface area contributed by atoms with Gasteiger partial charge in [0.25, 0.3) is 0 Å². The second-order valence-corrected chi connectivity index (χ2v) is 3.75. The second-order valence-electron chi connectivity index (χ2n) is 2.94. The number of hydrogen-bond acceptors (Lipinski definition) is 2. The summed E-state index contributed by atoms with van der Waals surface area (Å²) in [4.78, 5) is 7.14. The van der Waals surface area contributed by atoms with Gasteiger partial charge in [0.2, 0.25) is 0 Å². The van der Waals surface area contributed by atoms with Crippen LogP contribution in [0.1, 0.15) is 5.56 Å². The fourth-order valence-electron chi connectivity index (χ4n) is 1.15. The number of nitrogens with one attached hydrogen (secondary N) is 2. The maximum Gasteiger partial charge on any atom is 0.106 e. The van der Waals surface area contributed by atoms with Crippen molar-refractivity contribution < 1.29 is 0 Å². The van der Waals surface area contributed by atoms with Gasteiger partial charge in [0.15, 0.2) is 0 Å². The Labute approximate surface area is 90.7 Å². The zero-order valence-corrected chi connectivity index (χ0v) is 9.08. The largest absolute Gasteiger partial charge is 0.380 e. The Kier molecular flexibility index (Phi) is 2.84. The maximum absolute atomic E-state index is 4.13. The third-order valence-electron chi connectivity index (χ3n) is 1.89. The molecule has 0 saturated heterocycles. The SMILES string of the molecule is Brc1ccc(NCc2cc[nH]c2)cn1. The number of nitrogens with zero attached hydrogens (tertiary/aromatic N) is 1.